The van der Waals surface area contributed by atoms with Crippen LogP contribution in [-0.2, 0) is 6.54 Å². The van der Waals surface area contributed by atoms with E-state index in [9.17, 15) is 0 Å². The fourth-order valence-electron chi connectivity index (χ4n) is 2.22. The molecule has 1 heterocycles. The van der Waals surface area contributed by atoms with E-state index in [2.05, 4.69) is 56.3 Å². The van der Waals surface area contributed by atoms with Crippen molar-refractivity contribution in [1.82, 2.24) is 15.1 Å². The third-order valence-electron chi connectivity index (χ3n) is 3.40. The van der Waals surface area contributed by atoms with E-state index in [1.54, 1.807) is 0 Å². The molecular formula is C17H23N3. The summed E-state index contributed by atoms with van der Waals surface area (Å²) in [5.41, 5.74) is 6.04. The van der Waals surface area contributed by atoms with Crippen molar-refractivity contribution in [2.75, 3.05) is 6.54 Å². The average molecular weight is 269 g/mol. The van der Waals surface area contributed by atoms with E-state index in [0.717, 1.165) is 24.5 Å². The zero-order valence-electron chi connectivity index (χ0n) is 12.8. The third-order valence-corrected chi connectivity index (χ3v) is 3.40. The Morgan fingerprint density at radius 1 is 1.20 bits per heavy atom. The first-order valence-electron chi connectivity index (χ1n) is 7.04. The minimum Gasteiger partial charge on any atom is -0.309 e. The molecule has 0 radical (unpaired) electrons. The van der Waals surface area contributed by atoms with Crippen molar-refractivity contribution in [2.45, 2.75) is 34.2 Å². The standard InChI is InChI=1S/C17H23N3/c1-13(2)10-11-18-12-17-14(3)19-20(15(17)4)16-8-6-5-7-9-16/h5-10,18H,11-12H2,1-4H3. The lowest BCUT2D eigenvalue weighted by Crippen LogP contribution is -2.14. The van der Waals surface area contributed by atoms with Crippen LogP contribution >= 0.6 is 0 Å². The van der Waals surface area contributed by atoms with Gasteiger partial charge in [-0.05, 0) is 39.8 Å². The number of nitrogens with one attached hydrogen (secondary N) is 1. The first-order chi connectivity index (χ1) is 9.59. The minimum atomic E-state index is 0.855. The Kier molecular flexibility index (Phi) is 4.74. The van der Waals surface area contributed by atoms with Gasteiger partial charge in [-0.15, -0.1) is 0 Å². The smallest absolute Gasteiger partial charge is 0.0648 e. The van der Waals surface area contributed by atoms with E-state index in [1.165, 1.54) is 16.8 Å². The summed E-state index contributed by atoms with van der Waals surface area (Å²) < 4.78 is 2.02. The summed E-state index contributed by atoms with van der Waals surface area (Å²) in [7, 11) is 0. The summed E-state index contributed by atoms with van der Waals surface area (Å²) in [4.78, 5) is 0. The zero-order valence-corrected chi connectivity index (χ0v) is 12.8. The molecule has 0 aliphatic rings. The zero-order chi connectivity index (χ0) is 14.5. The number of allylic oxidation sites excluding steroid dienone is 1. The highest BCUT2D eigenvalue weighted by Crippen LogP contribution is 2.17. The van der Waals surface area contributed by atoms with Gasteiger partial charge in [0, 0.05) is 24.3 Å². The maximum atomic E-state index is 4.66. The summed E-state index contributed by atoms with van der Waals surface area (Å²) in [6, 6.07) is 10.3. The SMILES string of the molecule is CC(C)=CCNCc1c(C)nn(-c2ccccc2)c1C. The molecule has 2 rings (SSSR count). The molecule has 0 aliphatic heterocycles. The fourth-order valence-corrected chi connectivity index (χ4v) is 2.22. The van der Waals surface area contributed by atoms with Crippen molar-refractivity contribution in [2.24, 2.45) is 0 Å². The third kappa shape index (κ3) is 3.36. The summed E-state index contributed by atoms with van der Waals surface area (Å²) in [6.07, 6.45) is 2.20. The monoisotopic (exact) mass is 269 g/mol. The largest absolute Gasteiger partial charge is 0.309 e. The Morgan fingerprint density at radius 2 is 1.90 bits per heavy atom. The van der Waals surface area contributed by atoms with Gasteiger partial charge in [-0.2, -0.15) is 5.10 Å². The Labute approximate surface area is 121 Å². The van der Waals surface area contributed by atoms with Gasteiger partial charge in [0.1, 0.15) is 0 Å². The first-order valence-corrected chi connectivity index (χ1v) is 7.04. The summed E-state index contributed by atoms with van der Waals surface area (Å²) >= 11 is 0. The summed E-state index contributed by atoms with van der Waals surface area (Å²) in [6.45, 7) is 10.2. The van der Waals surface area contributed by atoms with Crippen LogP contribution in [0.1, 0.15) is 30.8 Å². The van der Waals surface area contributed by atoms with Crippen LogP contribution < -0.4 is 5.32 Å². The number of benzene rings is 1. The van der Waals surface area contributed by atoms with Crippen LogP contribution in [0.2, 0.25) is 0 Å². The molecule has 106 valence electrons. The lowest BCUT2D eigenvalue weighted by Gasteiger charge is -2.06. The molecule has 0 bridgehead atoms. The molecule has 1 aromatic carbocycles. The van der Waals surface area contributed by atoms with Crippen molar-refractivity contribution < 1.29 is 0 Å². The van der Waals surface area contributed by atoms with Gasteiger partial charge >= 0.3 is 0 Å². The van der Waals surface area contributed by atoms with Gasteiger partial charge in [0.25, 0.3) is 0 Å². The van der Waals surface area contributed by atoms with Crippen molar-refractivity contribution in [3.05, 3.63) is 58.9 Å². The molecule has 3 nitrogen and oxygen atoms in total. The maximum absolute atomic E-state index is 4.66. The number of aryl methyl sites for hydroxylation is 1. The Bertz CT molecular complexity index is 590. The van der Waals surface area contributed by atoms with Gasteiger partial charge < -0.3 is 5.32 Å². The molecule has 2 aromatic rings. The van der Waals surface area contributed by atoms with E-state index >= 15 is 0 Å². The molecule has 0 amide bonds. The van der Waals surface area contributed by atoms with E-state index < -0.39 is 0 Å². The quantitative estimate of drug-likeness (QED) is 0.664. The van der Waals surface area contributed by atoms with E-state index in [-0.39, 0.29) is 0 Å². The van der Waals surface area contributed by atoms with Crippen molar-refractivity contribution >= 4 is 0 Å². The van der Waals surface area contributed by atoms with Crippen LogP contribution in [0, 0.1) is 13.8 Å². The van der Waals surface area contributed by atoms with Crippen LogP contribution in [0.4, 0.5) is 0 Å². The van der Waals surface area contributed by atoms with Crippen LogP contribution in [0.3, 0.4) is 0 Å². The highest BCUT2D eigenvalue weighted by Gasteiger charge is 2.11. The lowest BCUT2D eigenvalue weighted by atomic mass is 10.2. The molecule has 1 N–H and O–H groups in total. The van der Waals surface area contributed by atoms with E-state index in [0.29, 0.717) is 0 Å². The number of rotatable bonds is 5. The summed E-state index contributed by atoms with van der Waals surface area (Å²) in [5.74, 6) is 0. The number of aromatic nitrogens is 2. The van der Waals surface area contributed by atoms with Gasteiger partial charge in [0.2, 0.25) is 0 Å². The predicted octanol–water partition coefficient (Wildman–Crippen LogP) is 3.54. The topological polar surface area (TPSA) is 29.9 Å². The molecule has 0 spiro atoms. The Balaban J connectivity index is 2.15. The highest BCUT2D eigenvalue weighted by molar-refractivity contribution is 5.36. The predicted molar refractivity (Wildman–Crippen MR) is 84.2 cm³/mol. The second-order valence-corrected chi connectivity index (χ2v) is 5.31. The second-order valence-electron chi connectivity index (χ2n) is 5.31. The van der Waals surface area contributed by atoms with Crippen LogP contribution in [0.25, 0.3) is 5.69 Å². The first kappa shape index (κ1) is 14.5. The van der Waals surface area contributed by atoms with Crippen molar-refractivity contribution in [3.63, 3.8) is 0 Å². The lowest BCUT2D eigenvalue weighted by molar-refractivity contribution is 0.747. The normalized spacial score (nSPS) is 10.6. The molecule has 1 aromatic heterocycles. The Morgan fingerprint density at radius 3 is 2.55 bits per heavy atom. The number of hydrogen-bond acceptors (Lipinski definition) is 2. The van der Waals surface area contributed by atoms with Crippen LogP contribution in [0.15, 0.2) is 42.0 Å². The molecule has 0 saturated carbocycles. The van der Waals surface area contributed by atoms with Gasteiger partial charge in [-0.1, -0.05) is 29.8 Å². The molecule has 0 saturated heterocycles. The number of hydrogen-bond donors (Lipinski definition) is 1. The van der Waals surface area contributed by atoms with E-state index in [1.807, 2.05) is 22.9 Å². The number of nitrogens with zero attached hydrogens (tertiary/aromatic N) is 2. The van der Waals surface area contributed by atoms with Gasteiger partial charge in [-0.3, -0.25) is 0 Å². The molecule has 0 unspecified atom stereocenters. The Hall–Kier alpha value is -1.87. The summed E-state index contributed by atoms with van der Waals surface area (Å²) in [5, 5.41) is 8.11. The second kappa shape index (κ2) is 6.53. The maximum Gasteiger partial charge on any atom is 0.0648 e. The molecule has 0 atom stereocenters. The minimum absolute atomic E-state index is 0.855. The average Bonchev–Trinajstić information content (AvgIpc) is 2.71. The molecule has 0 aliphatic carbocycles. The van der Waals surface area contributed by atoms with Crippen LogP contribution in [0.5, 0.6) is 0 Å². The molecule has 3 heteroatoms. The van der Waals surface area contributed by atoms with E-state index in [4.69, 9.17) is 0 Å². The van der Waals surface area contributed by atoms with Crippen LogP contribution in [-0.4, -0.2) is 16.3 Å². The highest BCUT2D eigenvalue weighted by atomic mass is 15.3. The van der Waals surface area contributed by atoms with Gasteiger partial charge in [-0.25, -0.2) is 4.68 Å². The number of para-hydroxylation sites is 1. The molecule has 20 heavy (non-hydrogen) atoms. The van der Waals surface area contributed by atoms with Gasteiger partial charge in [0.05, 0.1) is 11.4 Å². The molecule has 0 fully saturated rings. The molecular weight excluding hydrogens is 246 g/mol. The van der Waals surface area contributed by atoms with Crippen molar-refractivity contribution in [1.29, 1.82) is 0 Å². The van der Waals surface area contributed by atoms with Crippen molar-refractivity contribution in [3.8, 4) is 5.69 Å². The van der Waals surface area contributed by atoms with Gasteiger partial charge in [0.15, 0.2) is 0 Å². The fraction of sp³-hybridized carbons (Fsp3) is 0.353.